The Balaban J connectivity index is 1.46. The van der Waals surface area contributed by atoms with Gasteiger partial charge in [-0.1, -0.05) is 30.3 Å². The molecule has 2 heterocycles. The molecule has 0 unspecified atom stereocenters. The van der Waals surface area contributed by atoms with Crippen LogP contribution in [0.25, 0.3) is 11.4 Å². The number of hydrogen-bond donors (Lipinski definition) is 1. The summed E-state index contributed by atoms with van der Waals surface area (Å²) in [5.74, 6) is 1.61. The predicted molar refractivity (Wildman–Crippen MR) is 98.3 cm³/mol. The van der Waals surface area contributed by atoms with Crippen LogP contribution in [-0.4, -0.2) is 15.9 Å². The van der Waals surface area contributed by atoms with Crippen molar-refractivity contribution < 1.29 is 9.21 Å². The normalized spacial score (nSPS) is 16.1. The molecule has 4 rings (SSSR count). The van der Waals surface area contributed by atoms with Crippen LogP contribution >= 0.6 is 0 Å². The van der Waals surface area contributed by atoms with Gasteiger partial charge in [-0.2, -0.15) is 0 Å². The molecular weight excluding hydrogens is 326 g/mol. The highest BCUT2D eigenvalue weighted by atomic mass is 16.3. The molecule has 0 aliphatic heterocycles. The highest BCUT2D eigenvalue weighted by Crippen LogP contribution is 2.29. The molecule has 0 bridgehead atoms. The molecule has 26 heavy (non-hydrogen) atoms. The van der Waals surface area contributed by atoms with Crippen LogP contribution in [0.5, 0.6) is 0 Å². The number of nitrogens with one attached hydrogen (secondary N) is 1. The Labute approximate surface area is 152 Å². The quantitative estimate of drug-likeness (QED) is 0.761. The monoisotopic (exact) mass is 347 g/mol. The minimum absolute atomic E-state index is 0.00678. The topological polar surface area (TPSA) is 68.0 Å². The lowest BCUT2D eigenvalue weighted by atomic mass is 9.92. The average molecular weight is 347 g/mol. The van der Waals surface area contributed by atoms with E-state index in [0.29, 0.717) is 12.8 Å². The van der Waals surface area contributed by atoms with E-state index in [4.69, 9.17) is 9.40 Å². The molecule has 3 aromatic rings. The molecule has 1 amide bonds. The van der Waals surface area contributed by atoms with Gasteiger partial charge in [-0.3, -0.25) is 4.79 Å². The van der Waals surface area contributed by atoms with Gasteiger partial charge in [0.25, 0.3) is 0 Å². The molecule has 0 saturated carbocycles. The van der Waals surface area contributed by atoms with E-state index in [0.717, 1.165) is 47.7 Å². The largest absolute Gasteiger partial charge is 0.469 e. The first kappa shape index (κ1) is 16.5. The third-order valence-electron chi connectivity index (χ3n) is 4.73. The molecule has 0 saturated heterocycles. The van der Waals surface area contributed by atoms with Crippen molar-refractivity contribution in [2.45, 2.75) is 38.1 Å². The summed E-state index contributed by atoms with van der Waals surface area (Å²) in [6.45, 7) is 0. The molecule has 0 spiro atoms. The lowest BCUT2D eigenvalue weighted by molar-refractivity contribution is -0.122. The van der Waals surface area contributed by atoms with Gasteiger partial charge in [-0.25, -0.2) is 9.97 Å². The second kappa shape index (κ2) is 7.52. The number of nitrogens with zero attached hydrogens (tertiary/aromatic N) is 2. The Morgan fingerprint density at radius 1 is 1.19 bits per heavy atom. The fraction of sp³-hybridized carbons (Fsp3) is 0.286. The number of aryl methyl sites for hydroxylation is 2. The van der Waals surface area contributed by atoms with Gasteiger partial charge < -0.3 is 9.73 Å². The Hall–Kier alpha value is -2.95. The van der Waals surface area contributed by atoms with Gasteiger partial charge in [0.15, 0.2) is 5.82 Å². The van der Waals surface area contributed by atoms with Crippen molar-refractivity contribution in [3.8, 4) is 11.4 Å². The van der Waals surface area contributed by atoms with Gasteiger partial charge in [0.05, 0.1) is 12.3 Å². The van der Waals surface area contributed by atoms with Gasteiger partial charge in [0.2, 0.25) is 5.91 Å². The standard InChI is InChI=1S/C21H21N3O2/c25-20(12-11-16-8-5-13-26-16)23-18-9-4-10-19-17(18)14-22-21(24-19)15-6-2-1-3-7-15/h1-3,5-8,13-14,18H,4,9-12H2,(H,23,25)/t18-/m1/s1. The number of fused-ring (bicyclic) bond motifs is 1. The number of furan rings is 1. The van der Waals surface area contributed by atoms with Crippen LogP contribution in [0.4, 0.5) is 0 Å². The number of amides is 1. The van der Waals surface area contributed by atoms with E-state index in [1.54, 1.807) is 6.26 Å². The second-order valence-electron chi connectivity index (χ2n) is 6.55. The van der Waals surface area contributed by atoms with Gasteiger partial charge in [0.1, 0.15) is 5.76 Å². The number of aromatic nitrogens is 2. The summed E-state index contributed by atoms with van der Waals surface area (Å²) >= 11 is 0. The number of rotatable bonds is 5. The predicted octanol–water partition coefficient (Wildman–Crippen LogP) is 3.86. The molecular formula is C21H21N3O2. The Morgan fingerprint density at radius 2 is 2.08 bits per heavy atom. The number of hydrogen-bond acceptors (Lipinski definition) is 4. The molecule has 5 nitrogen and oxygen atoms in total. The summed E-state index contributed by atoms with van der Waals surface area (Å²) in [4.78, 5) is 21.6. The van der Waals surface area contributed by atoms with Crippen molar-refractivity contribution in [1.29, 1.82) is 0 Å². The van der Waals surface area contributed by atoms with Crippen LogP contribution in [0.1, 0.15) is 42.3 Å². The van der Waals surface area contributed by atoms with Gasteiger partial charge in [-0.15, -0.1) is 0 Å². The third-order valence-corrected chi connectivity index (χ3v) is 4.73. The first-order valence-corrected chi connectivity index (χ1v) is 9.02. The highest BCUT2D eigenvalue weighted by Gasteiger charge is 2.24. The smallest absolute Gasteiger partial charge is 0.220 e. The second-order valence-corrected chi connectivity index (χ2v) is 6.55. The Morgan fingerprint density at radius 3 is 2.88 bits per heavy atom. The van der Waals surface area contributed by atoms with E-state index in [2.05, 4.69) is 10.3 Å². The molecule has 1 atom stereocenters. The summed E-state index contributed by atoms with van der Waals surface area (Å²) in [7, 11) is 0. The van der Waals surface area contributed by atoms with Crippen LogP contribution in [-0.2, 0) is 17.6 Å². The van der Waals surface area contributed by atoms with Crippen molar-refractivity contribution in [3.05, 3.63) is 71.9 Å². The summed E-state index contributed by atoms with van der Waals surface area (Å²) in [6.07, 6.45) is 7.41. The molecule has 1 N–H and O–H groups in total. The summed E-state index contributed by atoms with van der Waals surface area (Å²) in [5.41, 5.74) is 3.10. The number of carbonyl (C=O) groups excluding carboxylic acids is 1. The fourth-order valence-corrected chi connectivity index (χ4v) is 3.38. The SMILES string of the molecule is O=C(CCc1ccco1)N[C@@H]1CCCc2nc(-c3ccccc3)ncc21. The van der Waals surface area contributed by atoms with E-state index in [9.17, 15) is 4.79 Å². The van der Waals surface area contributed by atoms with Crippen molar-refractivity contribution in [3.63, 3.8) is 0 Å². The zero-order valence-electron chi connectivity index (χ0n) is 14.5. The van der Waals surface area contributed by atoms with E-state index in [1.165, 1.54) is 0 Å². The summed E-state index contributed by atoms with van der Waals surface area (Å²) < 4.78 is 5.29. The lowest BCUT2D eigenvalue weighted by Crippen LogP contribution is -2.31. The number of carbonyl (C=O) groups is 1. The fourth-order valence-electron chi connectivity index (χ4n) is 3.38. The third kappa shape index (κ3) is 3.67. The first-order valence-electron chi connectivity index (χ1n) is 9.02. The zero-order valence-corrected chi connectivity index (χ0v) is 14.5. The van der Waals surface area contributed by atoms with Crippen LogP contribution in [0.3, 0.4) is 0 Å². The summed E-state index contributed by atoms with van der Waals surface area (Å²) in [5, 5.41) is 3.14. The van der Waals surface area contributed by atoms with Crippen molar-refractivity contribution in [2.24, 2.45) is 0 Å². The molecule has 0 radical (unpaired) electrons. The molecule has 1 aliphatic carbocycles. The summed E-state index contributed by atoms with van der Waals surface area (Å²) in [6, 6.07) is 13.7. The molecule has 132 valence electrons. The van der Waals surface area contributed by atoms with Gasteiger partial charge in [0, 0.05) is 35.9 Å². The van der Waals surface area contributed by atoms with Crippen LogP contribution in [0, 0.1) is 0 Å². The van der Waals surface area contributed by atoms with E-state index in [1.807, 2.05) is 48.7 Å². The Kier molecular flexibility index (Phi) is 4.78. The minimum atomic E-state index is -0.00678. The molecule has 0 fully saturated rings. The van der Waals surface area contributed by atoms with Crippen LogP contribution < -0.4 is 5.32 Å². The first-order chi connectivity index (χ1) is 12.8. The average Bonchev–Trinajstić information content (AvgIpc) is 3.21. The van der Waals surface area contributed by atoms with Crippen molar-refractivity contribution in [1.82, 2.24) is 15.3 Å². The van der Waals surface area contributed by atoms with E-state index < -0.39 is 0 Å². The van der Waals surface area contributed by atoms with Crippen LogP contribution in [0.2, 0.25) is 0 Å². The maximum Gasteiger partial charge on any atom is 0.220 e. The Bertz CT molecular complexity index is 876. The molecule has 5 heteroatoms. The van der Waals surface area contributed by atoms with E-state index >= 15 is 0 Å². The lowest BCUT2D eigenvalue weighted by Gasteiger charge is -2.25. The molecule has 1 aliphatic rings. The van der Waals surface area contributed by atoms with Crippen molar-refractivity contribution in [2.75, 3.05) is 0 Å². The maximum atomic E-state index is 12.3. The van der Waals surface area contributed by atoms with Gasteiger partial charge in [-0.05, 0) is 31.4 Å². The van der Waals surface area contributed by atoms with Gasteiger partial charge >= 0.3 is 0 Å². The van der Waals surface area contributed by atoms with E-state index in [-0.39, 0.29) is 11.9 Å². The molecule has 1 aromatic carbocycles. The zero-order chi connectivity index (χ0) is 17.8. The van der Waals surface area contributed by atoms with Crippen molar-refractivity contribution >= 4 is 5.91 Å². The number of benzene rings is 1. The van der Waals surface area contributed by atoms with Crippen LogP contribution in [0.15, 0.2) is 59.3 Å². The maximum absolute atomic E-state index is 12.3. The highest BCUT2D eigenvalue weighted by molar-refractivity contribution is 5.76. The minimum Gasteiger partial charge on any atom is -0.469 e. The molecule has 2 aromatic heterocycles.